The van der Waals surface area contributed by atoms with Crippen molar-refractivity contribution in [1.82, 2.24) is 20.6 Å². The van der Waals surface area contributed by atoms with Gasteiger partial charge in [-0.25, -0.2) is 9.97 Å². The maximum Gasteiger partial charge on any atom is 0.286 e. The van der Waals surface area contributed by atoms with Gasteiger partial charge in [-0.15, -0.1) is 0 Å². The van der Waals surface area contributed by atoms with Gasteiger partial charge in [-0.2, -0.15) is 0 Å². The van der Waals surface area contributed by atoms with E-state index in [-0.39, 0.29) is 32.8 Å². The van der Waals surface area contributed by atoms with Gasteiger partial charge < -0.3 is 19.3 Å². The van der Waals surface area contributed by atoms with E-state index in [9.17, 15) is 19.2 Å². The van der Waals surface area contributed by atoms with Crippen LogP contribution in [0.4, 0.5) is 21.2 Å². The highest BCUT2D eigenvalue weighted by Gasteiger charge is 2.32. The van der Waals surface area contributed by atoms with E-state index in [1.54, 1.807) is 12.4 Å². The number of hydrogen-bond donors (Lipinski definition) is 2. The largest absolute Gasteiger partial charge is 0.492 e. The van der Waals surface area contributed by atoms with Gasteiger partial charge in [-0.3, -0.25) is 29.8 Å². The van der Waals surface area contributed by atoms with Gasteiger partial charge in [0.2, 0.25) is 11.8 Å². The maximum absolute atomic E-state index is 11.6. The van der Waals surface area contributed by atoms with E-state index in [0.29, 0.717) is 26.1 Å². The lowest BCUT2D eigenvalue weighted by Crippen LogP contribution is -2.25. The molecule has 0 aliphatic carbocycles. The molecule has 2 aliphatic rings. The number of carbonyl (C=O) groups is 4. The Morgan fingerprint density at radius 1 is 0.600 bits per heavy atom. The van der Waals surface area contributed by atoms with Crippen LogP contribution in [0.3, 0.4) is 0 Å². The quantitative estimate of drug-likeness (QED) is 0.182. The Morgan fingerprint density at radius 2 is 1.00 bits per heavy atom. The van der Waals surface area contributed by atoms with Crippen LogP contribution in [0, 0.1) is 0 Å². The Hall–Kier alpha value is -5.08. The van der Waals surface area contributed by atoms with E-state index >= 15 is 0 Å². The van der Waals surface area contributed by atoms with Gasteiger partial charge in [0.05, 0.1) is 23.6 Å². The normalized spacial score (nSPS) is 16.6. The van der Waals surface area contributed by atoms with Gasteiger partial charge in [0.15, 0.2) is 0 Å². The molecule has 6 rings (SSSR count). The molecule has 0 spiro atoms. The van der Waals surface area contributed by atoms with Crippen LogP contribution >= 0.6 is 23.5 Å². The van der Waals surface area contributed by atoms with Crippen LogP contribution in [0.15, 0.2) is 97.3 Å². The number of nitrogens with one attached hydrogen (secondary N) is 2. The lowest BCUT2D eigenvalue weighted by atomic mass is 10.1. The van der Waals surface area contributed by atoms with E-state index in [1.807, 2.05) is 109 Å². The smallest absolute Gasteiger partial charge is 0.286 e. The zero-order valence-electron chi connectivity index (χ0n) is 27.7. The summed E-state index contributed by atoms with van der Waals surface area (Å²) < 4.78 is 11.5. The zero-order chi connectivity index (χ0) is 35.3. The van der Waals surface area contributed by atoms with Crippen molar-refractivity contribution in [3.8, 4) is 11.5 Å². The van der Waals surface area contributed by atoms with Gasteiger partial charge in [0, 0.05) is 26.5 Å². The maximum atomic E-state index is 11.6. The lowest BCUT2D eigenvalue weighted by molar-refractivity contribution is -0.119. The molecule has 2 fully saturated rings. The molecule has 50 heavy (non-hydrogen) atoms. The molecule has 2 N–H and O–H groups in total. The van der Waals surface area contributed by atoms with Crippen molar-refractivity contribution in [1.29, 1.82) is 0 Å². The summed E-state index contributed by atoms with van der Waals surface area (Å²) in [4.78, 5) is 58.2. The average molecular weight is 715 g/mol. The molecule has 4 amide bonds. The fourth-order valence-corrected chi connectivity index (χ4v) is 6.64. The van der Waals surface area contributed by atoms with Crippen molar-refractivity contribution < 1.29 is 28.7 Å². The minimum Gasteiger partial charge on any atom is -0.492 e. The second-order valence-electron chi connectivity index (χ2n) is 11.4. The molecule has 2 aromatic heterocycles. The van der Waals surface area contributed by atoms with Gasteiger partial charge in [-0.1, -0.05) is 59.9 Å². The molecule has 2 saturated heterocycles. The number of hydrogen-bond acceptors (Lipinski definition) is 12. The number of anilines is 2. The predicted molar refractivity (Wildman–Crippen MR) is 196 cm³/mol. The van der Waals surface area contributed by atoms with Crippen molar-refractivity contribution in [3.63, 3.8) is 0 Å². The van der Waals surface area contributed by atoms with E-state index in [2.05, 4.69) is 20.6 Å². The highest BCUT2D eigenvalue weighted by atomic mass is 32.2. The molecule has 260 valence electrons. The first kappa shape index (κ1) is 36.2. The van der Waals surface area contributed by atoms with Gasteiger partial charge in [-0.05, 0) is 72.5 Å². The molecular formula is C36H38N6O6S2. The number of likely N-dealkylation sites (N-methyl/N-ethyl adjacent to an activating group) is 2. The van der Waals surface area contributed by atoms with Crippen LogP contribution in [0.25, 0.3) is 0 Å². The zero-order valence-corrected chi connectivity index (χ0v) is 29.3. The number of imide groups is 2. The number of pyridine rings is 2. The molecule has 12 nitrogen and oxygen atoms in total. The second-order valence-corrected chi connectivity index (χ2v) is 13.7. The highest BCUT2D eigenvalue weighted by molar-refractivity contribution is 8.15. The molecule has 14 heteroatoms. The molecule has 0 unspecified atom stereocenters. The third kappa shape index (κ3) is 11.0. The Bertz CT molecular complexity index is 1600. The van der Waals surface area contributed by atoms with Crippen LogP contribution < -0.4 is 29.9 Å². The average Bonchev–Trinajstić information content (AvgIpc) is 3.63. The number of benzene rings is 2. The Labute approximate surface area is 299 Å². The standard InChI is InChI=1S/2C18H19N3O3S/c2*1-21(16-4-2-3-9-19-16)10-11-24-14-7-5-13(6-8-14)12-15-17(22)20-18(23)25-15/h2*2-9,15H,10-12H2,1H3,(H,20,22,23)/t2*15-/m10/s1. The number of carbonyl (C=O) groups excluding carboxylic acids is 4. The molecule has 0 saturated carbocycles. The van der Waals surface area contributed by atoms with Crippen molar-refractivity contribution >= 4 is 57.5 Å². The topological polar surface area (TPSA) is 143 Å². The van der Waals surface area contributed by atoms with Crippen molar-refractivity contribution in [2.75, 3.05) is 50.2 Å². The van der Waals surface area contributed by atoms with E-state index in [4.69, 9.17) is 9.47 Å². The third-order valence-corrected chi connectivity index (χ3v) is 9.66. The number of ether oxygens (including phenoxy) is 2. The Morgan fingerprint density at radius 3 is 1.32 bits per heavy atom. The number of thioether (sulfide) groups is 2. The summed E-state index contributed by atoms with van der Waals surface area (Å²) in [6, 6.07) is 26.8. The molecular weight excluding hydrogens is 677 g/mol. The minimum atomic E-state index is -0.341. The lowest BCUT2D eigenvalue weighted by Gasteiger charge is -2.18. The molecule has 2 atom stereocenters. The SMILES string of the molecule is CN(CCOc1ccc(C[C@@H]2SC(=O)NC2=O)cc1)c1ccccn1.CN(CCOc1ccc(C[C@H]2SC(=O)NC2=O)cc1)c1ccccn1. The van der Waals surface area contributed by atoms with Crippen LogP contribution in [0.2, 0.25) is 0 Å². The van der Waals surface area contributed by atoms with E-state index in [0.717, 1.165) is 70.9 Å². The van der Waals surface area contributed by atoms with Crippen LogP contribution in [0.5, 0.6) is 11.5 Å². The van der Waals surface area contributed by atoms with Crippen LogP contribution in [-0.4, -0.2) is 83.2 Å². The van der Waals surface area contributed by atoms with Crippen molar-refractivity contribution in [2.24, 2.45) is 0 Å². The summed E-state index contributed by atoms with van der Waals surface area (Å²) >= 11 is 2.09. The van der Waals surface area contributed by atoms with Gasteiger partial charge >= 0.3 is 0 Å². The van der Waals surface area contributed by atoms with Gasteiger partial charge in [0.1, 0.15) is 36.3 Å². The van der Waals surface area contributed by atoms with Crippen molar-refractivity contribution in [2.45, 2.75) is 23.3 Å². The van der Waals surface area contributed by atoms with Crippen LogP contribution in [-0.2, 0) is 22.4 Å². The van der Waals surface area contributed by atoms with E-state index in [1.165, 1.54) is 0 Å². The number of aromatic nitrogens is 2. The first-order chi connectivity index (χ1) is 24.2. The summed E-state index contributed by atoms with van der Waals surface area (Å²) in [6.45, 7) is 2.53. The molecule has 4 aromatic rings. The van der Waals surface area contributed by atoms with Crippen molar-refractivity contribution in [3.05, 3.63) is 108 Å². The fourth-order valence-electron chi connectivity index (χ4n) is 4.92. The monoisotopic (exact) mass is 714 g/mol. The summed E-state index contributed by atoms with van der Waals surface area (Å²) in [5, 5.41) is 3.38. The second kappa shape index (κ2) is 18.1. The molecule has 4 heterocycles. The molecule has 2 aromatic carbocycles. The fraction of sp³-hybridized carbons (Fsp3) is 0.278. The molecule has 0 bridgehead atoms. The number of rotatable bonds is 14. The molecule has 2 aliphatic heterocycles. The van der Waals surface area contributed by atoms with Crippen LogP contribution in [0.1, 0.15) is 11.1 Å². The first-order valence-electron chi connectivity index (χ1n) is 15.9. The number of nitrogens with zero attached hydrogens (tertiary/aromatic N) is 4. The summed E-state index contributed by atoms with van der Waals surface area (Å²) in [5.41, 5.74) is 2.00. The summed E-state index contributed by atoms with van der Waals surface area (Å²) in [5.74, 6) is 2.93. The summed E-state index contributed by atoms with van der Waals surface area (Å²) in [6.07, 6.45) is 4.60. The highest BCUT2D eigenvalue weighted by Crippen LogP contribution is 2.25. The Kier molecular flexibility index (Phi) is 13.1. The summed E-state index contributed by atoms with van der Waals surface area (Å²) in [7, 11) is 3.95. The Balaban J connectivity index is 0.000000194. The molecule has 0 radical (unpaired) electrons. The first-order valence-corrected chi connectivity index (χ1v) is 17.7. The van der Waals surface area contributed by atoms with Gasteiger partial charge in [0.25, 0.3) is 10.5 Å². The predicted octanol–water partition coefficient (Wildman–Crippen LogP) is 4.98. The third-order valence-electron chi connectivity index (χ3n) is 7.69. The number of amides is 4. The minimum absolute atomic E-state index is 0.215. The van der Waals surface area contributed by atoms with E-state index < -0.39 is 0 Å².